The van der Waals surface area contributed by atoms with Crippen molar-refractivity contribution < 1.29 is 13.2 Å². The maximum atomic E-state index is 12.9. The predicted octanol–water partition coefficient (Wildman–Crippen LogP) is 3.39. The molecular weight excluding hydrogens is 261 g/mol. The largest absolute Gasteiger partial charge is 0.416 e. The standard InChI is InChI=1S/C12H15F3N2S/c13-12(14,15)9-4-5-17-7-8(9)11(16)10-3-1-2-6-18-10/h4-5,7,10-11H,1-3,6,16H2. The van der Waals surface area contributed by atoms with Crippen LogP contribution in [0.15, 0.2) is 18.5 Å². The van der Waals surface area contributed by atoms with Crippen LogP contribution < -0.4 is 5.73 Å². The fourth-order valence-corrected chi connectivity index (χ4v) is 3.54. The molecule has 2 rings (SSSR count). The van der Waals surface area contributed by atoms with Crippen molar-refractivity contribution in [1.29, 1.82) is 0 Å². The highest BCUT2D eigenvalue weighted by molar-refractivity contribution is 8.00. The van der Waals surface area contributed by atoms with Crippen molar-refractivity contribution >= 4 is 11.8 Å². The number of rotatable bonds is 2. The Morgan fingerprint density at radius 1 is 1.39 bits per heavy atom. The van der Waals surface area contributed by atoms with Gasteiger partial charge in [0.15, 0.2) is 0 Å². The van der Waals surface area contributed by atoms with E-state index in [1.54, 1.807) is 11.8 Å². The van der Waals surface area contributed by atoms with E-state index >= 15 is 0 Å². The monoisotopic (exact) mass is 276 g/mol. The van der Waals surface area contributed by atoms with E-state index in [4.69, 9.17) is 5.73 Å². The summed E-state index contributed by atoms with van der Waals surface area (Å²) in [6.45, 7) is 0. The molecule has 1 aliphatic heterocycles. The van der Waals surface area contributed by atoms with Gasteiger partial charge in [0.1, 0.15) is 0 Å². The van der Waals surface area contributed by atoms with Gasteiger partial charge in [-0.1, -0.05) is 6.42 Å². The molecule has 6 heteroatoms. The molecule has 0 saturated carbocycles. The Kier molecular flexibility index (Phi) is 4.17. The molecule has 2 unspecified atom stereocenters. The second-order valence-corrected chi connectivity index (χ2v) is 5.74. The van der Waals surface area contributed by atoms with Gasteiger partial charge in [0.05, 0.1) is 5.56 Å². The summed E-state index contributed by atoms with van der Waals surface area (Å²) in [5.74, 6) is 0.972. The first-order valence-corrected chi connectivity index (χ1v) is 6.93. The molecule has 0 radical (unpaired) electrons. The SMILES string of the molecule is NC(c1cnccc1C(F)(F)F)C1CCCCS1. The zero-order valence-electron chi connectivity index (χ0n) is 9.78. The molecule has 0 aromatic carbocycles. The average molecular weight is 276 g/mol. The Labute approximate surface area is 108 Å². The molecule has 1 fully saturated rings. The molecule has 0 amide bonds. The fraction of sp³-hybridized carbons (Fsp3) is 0.583. The molecule has 1 aliphatic rings. The normalized spacial score (nSPS) is 22.8. The molecule has 100 valence electrons. The van der Waals surface area contributed by atoms with Gasteiger partial charge >= 0.3 is 6.18 Å². The van der Waals surface area contributed by atoms with E-state index in [1.165, 1.54) is 6.20 Å². The average Bonchev–Trinajstić information content (AvgIpc) is 2.38. The zero-order valence-corrected chi connectivity index (χ0v) is 10.6. The van der Waals surface area contributed by atoms with Crippen molar-refractivity contribution in [2.75, 3.05) is 5.75 Å². The molecule has 2 nitrogen and oxygen atoms in total. The van der Waals surface area contributed by atoms with Gasteiger partial charge < -0.3 is 5.73 Å². The minimum absolute atomic E-state index is 0.0593. The third-order valence-electron chi connectivity index (χ3n) is 3.13. The Hall–Kier alpha value is -0.750. The van der Waals surface area contributed by atoms with E-state index in [0.717, 1.165) is 37.3 Å². The van der Waals surface area contributed by atoms with Gasteiger partial charge in [-0.15, -0.1) is 0 Å². The summed E-state index contributed by atoms with van der Waals surface area (Å²) >= 11 is 1.67. The van der Waals surface area contributed by atoms with Crippen LogP contribution in [-0.2, 0) is 6.18 Å². The number of thioether (sulfide) groups is 1. The Balaban J connectivity index is 2.26. The molecule has 18 heavy (non-hydrogen) atoms. The number of pyridine rings is 1. The lowest BCUT2D eigenvalue weighted by Crippen LogP contribution is -2.28. The molecule has 0 spiro atoms. The fourth-order valence-electron chi connectivity index (χ4n) is 2.18. The van der Waals surface area contributed by atoms with Crippen LogP contribution in [0.1, 0.15) is 36.4 Å². The topological polar surface area (TPSA) is 38.9 Å². The highest BCUT2D eigenvalue weighted by Gasteiger charge is 2.36. The summed E-state index contributed by atoms with van der Waals surface area (Å²) in [6.07, 6.45) is 1.07. The van der Waals surface area contributed by atoms with E-state index < -0.39 is 17.8 Å². The van der Waals surface area contributed by atoms with Crippen molar-refractivity contribution in [3.05, 3.63) is 29.6 Å². The first-order chi connectivity index (χ1) is 8.50. The summed E-state index contributed by atoms with van der Waals surface area (Å²) in [7, 11) is 0. The summed E-state index contributed by atoms with van der Waals surface area (Å²) < 4.78 is 38.7. The molecule has 2 N–H and O–H groups in total. The van der Waals surface area contributed by atoms with Gasteiger partial charge in [-0.3, -0.25) is 4.98 Å². The van der Waals surface area contributed by atoms with E-state index in [0.29, 0.717) is 0 Å². The van der Waals surface area contributed by atoms with Crippen molar-refractivity contribution in [1.82, 2.24) is 4.98 Å². The van der Waals surface area contributed by atoms with Crippen LogP contribution in [0.25, 0.3) is 0 Å². The molecule has 0 aliphatic carbocycles. The molecule has 1 aromatic heterocycles. The van der Waals surface area contributed by atoms with Crippen molar-refractivity contribution in [2.24, 2.45) is 5.73 Å². The van der Waals surface area contributed by atoms with Gasteiger partial charge in [-0.2, -0.15) is 24.9 Å². The summed E-state index contributed by atoms with van der Waals surface area (Å²) in [5.41, 5.74) is 5.47. The van der Waals surface area contributed by atoms with Crippen molar-refractivity contribution in [3.63, 3.8) is 0 Å². The minimum atomic E-state index is -4.37. The van der Waals surface area contributed by atoms with Gasteiger partial charge in [0, 0.05) is 29.2 Å². The highest BCUT2D eigenvalue weighted by atomic mass is 32.2. The quantitative estimate of drug-likeness (QED) is 0.900. The second kappa shape index (κ2) is 5.48. The van der Waals surface area contributed by atoms with Gasteiger partial charge in [0.2, 0.25) is 0 Å². The van der Waals surface area contributed by atoms with Crippen LogP contribution in [-0.4, -0.2) is 16.0 Å². The molecule has 2 heterocycles. The number of hydrogen-bond acceptors (Lipinski definition) is 3. The summed E-state index contributed by atoms with van der Waals surface area (Å²) in [6, 6.07) is 0.406. The van der Waals surface area contributed by atoms with E-state index in [9.17, 15) is 13.2 Å². The highest BCUT2D eigenvalue weighted by Crippen LogP contribution is 2.38. The number of nitrogens with two attached hydrogens (primary N) is 1. The Morgan fingerprint density at radius 2 is 2.17 bits per heavy atom. The lowest BCUT2D eigenvalue weighted by molar-refractivity contribution is -0.138. The third kappa shape index (κ3) is 2.98. The van der Waals surface area contributed by atoms with Gasteiger partial charge in [-0.25, -0.2) is 0 Å². The minimum Gasteiger partial charge on any atom is -0.323 e. The van der Waals surface area contributed by atoms with Crippen LogP contribution >= 0.6 is 11.8 Å². The van der Waals surface area contributed by atoms with Crippen LogP contribution in [0.5, 0.6) is 0 Å². The number of hydrogen-bond donors (Lipinski definition) is 1. The van der Waals surface area contributed by atoms with E-state index in [1.807, 2.05) is 0 Å². The number of alkyl halides is 3. The van der Waals surface area contributed by atoms with Crippen LogP contribution in [0.3, 0.4) is 0 Å². The van der Waals surface area contributed by atoms with E-state index in [2.05, 4.69) is 4.98 Å². The number of halogens is 3. The Bertz CT molecular complexity index is 403. The van der Waals surface area contributed by atoms with Crippen LogP contribution in [0, 0.1) is 0 Å². The maximum Gasteiger partial charge on any atom is 0.416 e. The van der Waals surface area contributed by atoms with Crippen LogP contribution in [0.4, 0.5) is 13.2 Å². The number of aromatic nitrogens is 1. The summed E-state index contributed by atoms with van der Waals surface area (Å²) in [4.78, 5) is 3.79. The third-order valence-corrected chi connectivity index (χ3v) is 4.61. The number of nitrogens with zero attached hydrogens (tertiary/aromatic N) is 1. The first-order valence-electron chi connectivity index (χ1n) is 5.88. The lowest BCUT2D eigenvalue weighted by Gasteiger charge is -2.28. The van der Waals surface area contributed by atoms with E-state index in [-0.39, 0.29) is 10.8 Å². The van der Waals surface area contributed by atoms with Crippen molar-refractivity contribution in [3.8, 4) is 0 Å². The summed E-state index contributed by atoms with van der Waals surface area (Å²) in [5, 5.41) is 0.0593. The van der Waals surface area contributed by atoms with Gasteiger partial charge in [0.25, 0.3) is 0 Å². The Morgan fingerprint density at radius 3 is 2.78 bits per heavy atom. The smallest absolute Gasteiger partial charge is 0.323 e. The molecular formula is C12H15F3N2S. The molecule has 1 aromatic rings. The van der Waals surface area contributed by atoms with Crippen molar-refractivity contribution in [2.45, 2.75) is 36.7 Å². The lowest BCUT2D eigenvalue weighted by atomic mass is 9.97. The predicted molar refractivity (Wildman–Crippen MR) is 66.3 cm³/mol. The maximum absolute atomic E-state index is 12.9. The zero-order chi connectivity index (χ0) is 13.2. The molecule has 1 saturated heterocycles. The second-order valence-electron chi connectivity index (χ2n) is 4.39. The van der Waals surface area contributed by atoms with Gasteiger partial charge in [-0.05, 0) is 24.7 Å². The van der Waals surface area contributed by atoms with Crippen LogP contribution in [0.2, 0.25) is 0 Å². The molecule has 2 atom stereocenters. The molecule has 0 bridgehead atoms. The first kappa shape index (κ1) is 13.7.